The highest BCUT2D eigenvalue weighted by Crippen LogP contribution is 2.46. The van der Waals surface area contributed by atoms with Gasteiger partial charge in [0.25, 0.3) is 0 Å². The van der Waals surface area contributed by atoms with E-state index in [0.29, 0.717) is 29.2 Å². The van der Waals surface area contributed by atoms with Crippen LogP contribution in [0.3, 0.4) is 0 Å². The van der Waals surface area contributed by atoms with Gasteiger partial charge in [-0.25, -0.2) is 9.18 Å². The van der Waals surface area contributed by atoms with E-state index >= 15 is 4.39 Å². The molecule has 4 saturated heterocycles. The molecule has 0 radical (unpaired) electrons. The number of anilines is 1. The van der Waals surface area contributed by atoms with Gasteiger partial charge in [-0.05, 0) is 104 Å². The number of carbonyl (C=O) groups excluding carboxylic acids is 3. The fraction of sp³-hybridized carbons (Fsp3) is 0.735. The fourth-order valence-electron chi connectivity index (χ4n) is 8.49. The largest absolute Gasteiger partial charge is 0.444 e. The Bertz CT molecular complexity index is 1350. The van der Waals surface area contributed by atoms with Crippen LogP contribution < -0.4 is 10.2 Å². The van der Waals surface area contributed by atoms with Crippen LogP contribution in [0.5, 0.6) is 0 Å². The van der Waals surface area contributed by atoms with E-state index in [4.69, 9.17) is 4.74 Å². The summed E-state index contributed by atoms with van der Waals surface area (Å²) in [6.07, 6.45) is 3.31. The molecule has 2 N–H and O–H groups in total. The van der Waals surface area contributed by atoms with Crippen molar-refractivity contribution in [3.8, 4) is 0 Å². The van der Waals surface area contributed by atoms with Crippen molar-refractivity contribution in [1.82, 2.24) is 20.0 Å². The molecule has 4 fully saturated rings. The van der Waals surface area contributed by atoms with Crippen LogP contribution in [0.4, 0.5) is 14.9 Å². The van der Waals surface area contributed by atoms with Crippen molar-refractivity contribution in [2.75, 3.05) is 44.2 Å². The average Bonchev–Trinajstić information content (AvgIpc) is 3.30. The van der Waals surface area contributed by atoms with Gasteiger partial charge in [0.2, 0.25) is 11.8 Å². The second-order valence-electron chi connectivity index (χ2n) is 15.7. The van der Waals surface area contributed by atoms with E-state index in [9.17, 15) is 19.5 Å². The number of hydrogen-bond donors (Lipinski definition) is 2. The number of ether oxygens (including phenoxy) is 1. The molecule has 1 aromatic rings. The van der Waals surface area contributed by atoms with Crippen molar-refractivity contribution in [3.05, 3.63) is 28.6 Å². The minimum atomic E-state index is -1.08. The lowest BCUT2D eigenvalue weighted by Crippen LogP contribution is -2.64. The number of rotatable bonds is 4. The van der Waals surface area contributed by atoms with E-state index in [1.807, 2.05) is 38.7 Å². The number of nitrogens with one attached hydrogen (secondary N) is 1. The SMILES string of the molecule is Cc1cc(N2CCC(C(C)(C)N3CCC4(CC3)CN(C(=O)OC(C)(C)C)C4)CC2)c(F)c2c1C(O)N(C1CCC(=O)NC1=O)C2. The zero-order valence-electron chi connectivity index (χ0n) is 27.7. The minimum absolute atomic E-state index is 0.0151. The quantitative estimate of drug-likeness (QED) is 0.482. The summed E-state index contributed by atoms with van der Waals surface area (Å²) < 4.78 is 21.7. The monoisotopic (exact) mass is 627 g/mol. The van der Waals surface area contributed by atoms with E-state index < -0.39 is 23.8 Å². The number of amides is 3. The van der Waals surface area contributed by atoms with Crippen LogP contribution in [-0.4, -0.2) is 94.2 Å². The third-order valence-corrected chi connectivity index (χ3v) is 11.3. The number of piperidine rings is 3. The number of imide groups is 1. The molecule has 0 aliphatic carbocycles. The predicted molar refractivity (Wildman–Crippen MR) is 168 cm³/mol. The van der Waals surface area contributed by atoms with Gasteiger partial charge >= 0.3 is 6.09 Å². The van der Waals surface area contributed by atoms with Crippen molar-refractivity contribution in [2.24, 2.45) is 11.3 Å². The molecule has 5 aliphatic heterocycles. The number of benzene rings is 1. The smallest absolute Gasteiger partial charge is 0.410 e. The first kappa shape index (κ1) is 32.2. The third kappa shape index (κ3) is 5.96. The molecule has 45 heavy (non-hydrogen) atoms. The second-order valence-corrected chi connectivity index (χ2v) is 15.7. The number of fused-ring (bicyclic) bond motifs is 1. The molecule has 5 heterocycles. The Hall–Kier alpha value is -2.76. The predicted octanol–water partition coefficient (Wildman–Crippen LogP) is 4.07. The Morgan fingerprint density at radius 3 is 2.29 bits per heavy atom. The number of carbonyl (C=O) groups is 3. The van der Waals surface area contributed by atoms with Crippen LogP contribution in [0.15, 0.2) is 6.07 Å². The van der Waals surface area contributed by atoms with Crippen molar-refractivity contribution in [1.29, 1.82) is 0 Å². The van der Waals surface area contributed by atoms with Gasteiger partial charge < -0.3 is 19.6 Å². The third-order valence-electron chi connectivity index (χ3n) is 11.3. The maximum Gasteiger partial charge on any atom is 0.410 e. The molecule has 10 nitrogen and oxygen atoms in total. The first-order chi connectivity index (χ1) is 21.1. The van der Waals surface area contributed by atoms with Crippen LogP contribution >= 0.6 is 0 Å². The lowest BCUT2D eigenvalue weighted by Gasteiger charge is -2.57. The summed E-state index contributed by atoms with van der Waals surface area (Å²) in [6, 6.07) is 1.18. The molecule has 1 aromatic carbocycles. The number of aliphatic hydroxyl groups is 1. The summed E-state index contributed by atoms with van der Waals surface area (Å²) >= 11 is 0. The van der Waals surface area contributed by atoms with Gasteiger partial charge in [0, 0.05) is 61.2 Å². The van der Waals surface area contributed by atoms with Gasteiger partial charge in [0.05, 0.1) is 11.7 Å². The van der Waals surface area contributed by atoms with Crippen molar-refractivity contribution in [3.63, 3.8) is 0 Å². The molecular weight excluding hydrogens is 577 g/mol. The standard InChI is InChI=1S/C34H50FN5O5/c1-21-17-25(28(35)23-18-40(30(43)27(21)23)24-7-8-26(41)36-29(24)42)37-13-9-22(10-14-37)33(5,6)39-15-11-34(12-16-39)19-38(20-34)31(44)45-32(2,3)4/h17,22,24,30,43H,7-16,18-20H2,1-6H3,(H,36,41,42). The van der Waals surface area contributed by atoms with E-state index in [2.05, 4.69) is 29.0 Å². The summed E-state index contributed by atoms with van der Waals surface area (Å²) in [5.41, 5.74) is 2.12. The Kier molecular flexibility index (Phi) is 8.22. The Morgan fingerprint density at radius 1 is 1.04 bits per heavy atom. The van der Waals surface area contributed by atoms with Gasteiger partial charge in [-0.2, -0.15) is 0 Å². The average molecular weight is 628 g/mol. The van der Waals surface area contributed by atoms with Crippen molar-refractivity contribution in [2.45, 2.75) is 110 Å². The van der Waals surface area contributed by atoms with Crippen LogP contribution in [0.25, 0.3) is 0 Å². The van der Waals surface area contributed by atoms with E-state index in [1.165, 1.54) is 0 Å². The normalized spacial score (nSPS) is 26.6. The molecule has 11 heteroatoms. The van der Waals surface area contributed by atoms with Crippen LogP contribution in [-0.2, 0) is 20.9 Å². The molecule has 0 saturated carbocycles. The van der Waals surface area contributed by atoms with Crippen LogP contribution in [0, 0.1) is 24.1 Å². The zero-order valence-corrected chi connectivity index (χ0v) is 27.7. The van der Waals surface area contributed by atoms with Crippen LogP contribution in [0.1, 0.15) is 96.1 Å². The number of aliphatic hydroxyl groups excluding tert-OH is 1. The fourth-order valence-corrected chi connectivity index (χ4v) is 8.49. The van der Waals surface area contributed by atoms with Gasteiger partial charge in [-0.3, -0.25) is 24.7 Å². The zero-order chi connectivity index (χ0) is 32.5. The minimum Gasteiger partial charge on any atom is -0.444 e. The molecule has 6 rings (SSSR count). The number of hydrogen-bond acceptors (Lipinski definition) is 8. The Balaban J connectivity index is 1.05. The van der Waals surface area contributed by atoms with E-state index in [-0.39, 0.29) is 41.7 Å². The molecule has 2 atom stereocenters. The first-order valence-corrected chi connectivity index (χ1v) is 16.7. The first-order valence-electron chi connectivity index (χ1n) is 16.7. The molecule has 0 bridgehead atoms. The van der Waals surface area contributed by atoms with Crippen molar-refractivity contribution >= 4 is 23.6 Å². The van der Waals surface area contributed by atoms with E-state index in [0.717, 1.165) is 70.5 Å². The molecule has 0 aromatic heterocycles. The van der Waals surface area contributed by atoms with Gasteiger partial charge in [0.15, 0.2) is 5.82 Å². The number of nitrogens with zero attached hydrogens (tertiary/aromatic N) is 4. The summed E-state index contributed by atoms with van der Waals surface area (Å²) in [7, 11) is 0. The molecule has 248 valence electrons. The molecular formula is C34H50FN5O5. The molecule has 1 spiro atoms. The molecule has 5 aliphatic rings. The van der Waals surface area contributed by atoms with Gasteiger partial charge in [-0.1, -0.05) is 0 Å². The summed E-state index contributed by atoms with van der Waals surface area (Å²) in [5, 5.41) is 13.5. The highest BCUT2D eigenvalue weighted by molar-refractivity contribution is 6.00. The summed E-state index contributed by atoms with van der Waals surface area (Å²) in [4.78, 5) is 44.9. The summed E-state index contributed by atoms with van der Waals surface area (Å²) in [5.74, 6) is -0.580. The number of halogens is 1. The molecule has 3 amide bonds. The topological polar surface area (TPSA) is 106 Å². The number of aryl methyl sites for hydroxylation is 1. The lowest BCUT2D eigenvalue weighted by molar-refractivity contribution is -0.141. The Morgan fingerprint density at radius 2 is 1.69 bits per heavy atom. The van der Waals surface area contributed by atoms with Crippen LogP contribution in [0.2, 0.25) is 0 Å². The lowest BCUT2D eigenvalue weighted by atomic mass is 9.70. The van der Waals surface area contributed by atoms with Crippen molar-refractivity contribution < 1.29 is 28.6 Å². The molecule has 2 unspecified atom stereocenters. The highest BCUT2D eigenvalue weighted by Gasteiger charge is 2.50. The Labute approximate surface area is 266 Å². The maximum absolute atomic E-state index is 16.1. The van der Waals surface area contributed by atoms with Gasteiger partial charge in [-0.15, -0.1) is 0 Å². The number of likely N-dealkylation sites (tertiary alicyclic amines) is 2. The highest BCUT2D eigenvalue weighted by atomic mass is 19.1. The second kappa shape index (κ2) is 11.5. The maximum atomic E-state index is 16.1. The van der Waals surface area contributed by atoms with E-state index in [1.54, 1.807) is 4.90 Å². The van der Waals surface area contributed by atoms with Gasteiger partial charge in [0.1, 0.15) is 11.8 Å². The summed E-state index contributed by atoms with van der Waals surface area (Å²) in [6.45, 7) is 17.5.